The SMILES string of the molecule is CCCCOC(=O)CN1CC(N2CCNCC2)C1. The van der Waals surface area contributed by atoms with Crippen LogP contribution in [0, 0.1) is 0 Å². The molecule has 5 heteroatoms. The van der Waals surface area contributed by atoms with Crippen LogP contribution >= 0.6 is 0 Å². The summed E-state index contributed by atoms with van der Waals surface area (Å²) in [6, 6.07) is 0.649. The van der Waals surface area contributed by atoms with E-state index in [4.69, 9.17) is 4.74 Å². The number of rotatable bonds is 6. The van der Waals surface area contributed by atoms with Gasteiger partial charge in [-0.2, -0.15) is 0 Å². The molecule has 0 aliphatic carbocycles. The normalized spacial score (nSPS) is 22.7. The van der Waals surface area contributed by atoms with Crippen molar-refractivity contribution in [2.75, 3.05) is 52.4 Å². The highest BCUT2D eigenvalue weighted by atomic mass is 16.5. The molecule has 0 aromatic heterocycles. The van der Waals surface area contributed by atoms with Gasteiger partial charge in [-0.05, 0) is 6.42 Å². The molecule has 0 amide bonds. The minimum Gasteiger partial charge on any atom is -0.465 e. The van der Waals surface area contributed by atoms with Crippen molar-refractivity contribution in [2.45, 2.75) is 25.8 Å². The van der Waals surface area contributed by atoms with Gasteiger partial charge in [0, 0.05) is 45.3 Å². The average Bonchev–Trinajstić information content (AvgIpc) is 2.35. The van der Waals surface area contributed by atoms with E-state index in [1.807, 2.05) is 0 Å². The first-order chi connectivity index (χ1) is 8.79. The summed E-state index contributed by atoms with van der Waals surface area (Å²) in [5, 5.41) is 3.36. The first kappa shape index (κ1) is 13.8. The van der Waals surface area contributed by atoms with E-state index < -0.39 is 0 Å². The Morgan fingerprint density at radius 1 is 1.33 bits per heavy atom. The molecule has 18 heavy (non-hydrogen) atoms. The zero-order valence-corrected chi connectivity index (χ0v) is 11.4. The average molecular weight is 255 g/mol. The van der Waals surface area contributed by atoms with E-state index in [0.29, 0.717) is 19.2 Å². The van der Waals surface area contributed by atoms with E-state index in [2.05, 4.69) is 22.0 Å². The molecule has 2 aliphatic heterocycles. The Bertz CT molecular complexity index is 261. The molecule has 5 nitrogen and oxygen atoms in total. The number of nitrogens with zero attached hydrogens (tertiary/aromatic N) is 2. The van der Waals surface area contributed by atoms with Gasteiger partial charge in [0.05, 0.1) is 13.2 Å². The zero-order chi connectivity index (χ0) is 12.8. The van der Waals surface area contributed by atoms with E-state index in [9.17, 15) is 4.79 Å². The van der Waals surface area contributed by atoms with Crippen molar-refractivity contribution < 1.29 is 9.53 Å². The van der Waals surface area contributed by atoms with Gasteiger partial charge in [-0.25, -0.2) is 0 Å². The molecule has 2 aliphatic rings. The highest BCUT2D eigenvalue weighted by Gasteiger charge is 2.33. The van der Waals surface area contributed by atoms with Crippen LogP contribution in [-0.2, 0) is 9.53 Å². The Labute approximate surface area is 109 Å². The van der Waals surface area contributed by atoms with E-state index in [1.54, 1.807) is 0 Å². The van der Waals surface area contributed by atoms with Gasteiger partial charge < -0.3 is 10.1 Å². The predicted octanol–water partition coefficient (Wildman–Crippen LogP) is -0.0809. The zero-order valence-electron chi connectivity index (χ0n) is 11.4. The van der Waals surface area contributed by atoms with Crippen molar-refractivity contribution in [3.05, 3.63) is 0 Å². The van der Waals surface area contributed by atoms with Crippen molar-refractivity contribution in [1.29, 1.82) is 0 Å². The second kappa shape index (κ2) is 7.07. The lowest BCUT2D eigenvalue weighted by Gasteiger charge is -2.46. The minimum absolute atomic E-state index is 0.0674. The Hall–Kier alpha value is -0.650. The molecule has 0 aromatic rings. The Morgan fingerprint density at radius 2 is 2.06 bits per heavy atom. The molecule has 2 rings (SSSR count). The fourth-order valence-corrected chi connectivity index (χ4v) is 2.51. The van der Waals surface area contributed by atoms with Crippen LogP contribution < -0.4 is 5.32 Å². The first-order valence-electron chi connectivity index (χ1n) is 7.12. The van der Waals surface area contributed by atoms with Gasteiger partial charge in [0.25, 0.3) is 0 Å². The summed E-state index contributed by atoms with van der Waals surface area (Å²) in [6.07, 6.45) is 2.04. The van der Waals surface area contributed by atoms with Gasteiger partial charge in [-0.3, -0.25) is 14.6 Å². The maximum atomic E-state index is 11.5. The lowest BCUT2D eigenvalue weighted by atomic mass is 10.1. The fraction of sp³-hybridized carbons (Fsp3) is 0.923. The molecule has 2 heterocycles. The molecule has 104 valence electrons. The lowest BCUT2D eigenvalue weighted by molar-refractivity contribution is -0.147. The number of piperazine rings is 1. The third-order valence-corrected chi connectivity index (χ3v) is 3.72. The molecular weight excluding hydrogens is 230 g/mol. The summed E-state index contributed by atoms with van der Waals surface area (Å²) in [5.41, 5.74) is 0. The van der Waals surface area contributed by atoms with E-state index in [-0.39, 0.29) is 5.97 Å². The number of carbonyl (C=O) groups is 1. The number of likely N-dealkylation sites (tertiary alicyclic amines) is 1. The van der Waals surface area contributed by atoms with E-state index in [1.165, 1.54) is 0 Å². The lowest BCUT2D eigenvalue weighted by Crippen LogP contribution is -2.63. The summed E-state index contributed by atoms with van der Waals surface area (Å²) in [6.45, 7) is 9.63. The van der Waals surface area contributed by atoms with Crippen LogP contribution in [0.3, 0.4) is 0 Å². The number of carbonyl (C=O) groups excluding carboxylic acids is 1. The van der Waals surface area contributed by atoms with Crippen molar-refractivity contribution in [2.24, 2.45) is 0 Å². The van der Waals surface area contributed by atoms with Gasteiger partial charge in [-0.15, -0.1) is 0 Å². The number of nitrogens with one attached hydrogen (secondary N) is 1. The molecule has 0 atom stereocenters. The molecule has 0 bridgehead atoms. The highest BCUT2D eigenvalue weighted by Crippen LogP contribution is 2.15. The van der Waals surface area contributed by atoms with Crippen molar-refractivity contribution in [1.82, 2.24) is 15.1 Å². The molecule has 0 spiro atoms. The van der Waals surface area contributed by atoms with E-state index in [0.717, 1.165) is 52.1 Å². The van der Waals surface area contributed by atoms with Crippen LogP contribution in [0.15, 0.2) is 0 Å². The van der Waals surface area contributed by atoms with Crippen LogP contribution in [0.2, 0.25) is 0 Å². The number of unbranched alkanes of at least 4 members (excludes halogenated alkanes) is 1. The summed E-state index contributed by atoms with van der Waals surface area (Å²) in [4.78, 5) is 16.2. The molecule has 1 N–H and O–H groups in total. The van der Waals surface area contributed by atoms with Crippen LogP contribution in [0.1, 0.15) is 19.8 Å². The van der Waals surface area contributed by atoms with Gasteiger partial charge in [-0.1, -0.05) is 13.3 Å². The van der Waals surface area contributed by atoms with Crippen molar-refractivity contribution in [3.63, 3.8) is 0 Å². The standard InChI is InChI=1S/C13H25N3O2/c1-2-3-8-18-13(17)11-15-9-12(10-15)16-6-4-14-5-7-16/h12,14H,2-11H2,1H3. The monoisotopic (exact) mass is 255 g/mol. The fourth-order valence-electron chi connectivity index (χ4n) is 2.51. The van der Waals surface area contributed by atoms with Gasteiger partial charge >= 0.3 is 5.97 Å². The largest absolute Gasteiger partial charge is 0.465 e. The van der Waals surface area contributed by atoms with Crippen LogP contribution in [0.4, 0.5) is 0 Å². The number of hydrogen-bond acceptors (Lipinski definition) is 5. The van der Waals surface area contributed by atoms with Crippen molar-refractivity contribution in [3.8, 4) is 0 Å². The van der Waals surface area contributed by atoms with Crippen LogP contribution in [0.5, 0.6) is 0 Å². The van der Waals surface area contributed by atoms with Gasteiger partial charge in [0.1, 0.15) is 0 Å². The number of esters is 1. The second-order valence-corrected chi connectivity index (χ2v) is 5.21. The van der Waals surface area contributed by atoms with Gasteiger partial charge in [0.15, 0.2) is 0 Å². The second-order valence-electron chi connectivity index (χ2n) is 5.21. The first-order valence-corrected chi connectivity index (χ1v) is 7.12. The molecule has 0 aromatic carbocycles. The maximum absolute atomic E-state index is 11.5. The van der Waals surface area contributed by atoms with Crippen LogP contribution in [0.25, 0.3) is 0 Å². The summed E-state index contributed by atoms with van der Waals surface area (Å²) < 4.78 is 5.17. The predicted molar refractivity (Wildman–Crippen MR) is 70.5 cm³/mol. The Balaban J connectivity index is 1.56. The summed E-state index contributed by atoms with van der Waals surface area (Å²) in [5.74, 6) is -0.0674. The molecule has 0 radical (unpaired) electrons. The summed E-state index contributed by atoms with van der Waals surface area (Å²) in [7, 11) is 0. The minimum atomic E-state index is -0.0674. The van der Waals surface area contributed by atoms with Crippen molar-refractivity contribution >= 4 is 5.97 Å². The van der Waals surface area contributed by atoms with Gasteiger partial charge in [0.2, 0.25) is 0 Å². The molecule has 0 saturated carbocycles. The summed E-state index contributed by atoms with van der Waals surface area (Å²) >= 11 is 0. The number of ether oxygens (including phenoxy) is 1. The third-order valence-electron chi connectivity index (χ3n) is 3.72. The quantitative estimate of drug-likeness (QED) is 0.531. The molecular formula is C13H25N3O2. The molecule has 2 fully saturated rings. The Morgan fingerprint density at radius 3 is 2.72 bits per heavy atom. The highest BCUT2D eigenvalue weighted by molar-refractivity contribution is 5.71. The molecule has 2 saturated heterocycles. The number of hydrogen-bond donors (Lipinski definition) is 1. The third kappa shape index (κ3) is 3.93. The van der Waals surface area contributed by atoms with E-state index >= 15 is 0 Å². The smallest absolute Gasteiger partial charge is 0.320 e. The van der Waals surface area contributed by atoms with Crippen LogP contribution in [-0.4, -0.2) is 74.2 Å². The maximum Gasteiger partial charge on any atom is 0.320 e. The Kier molecular flexibility index (Phi) is 5.41. The molecule has 0 unspecified atom stereocenters. The topological polar surface area (TPSA) is 44.8 Å².